The van der Waals surface area contributed by atoms with Crippen LogP contribution in [-0.4, -0.2) is 11.7 Å². The van der Waals surface area contributed by atoms with Gasteiger partial charge in [0.25, 0.3) is 0 Å². The first-order valence-electron chi connectivity index (χ1n) is 4.26. The van der Waals surface area contributed by atoms with Crippen molar-refractivity contribution in [1.29, 1.82) is 0 Å². The molecule has 0 saturated heterocycles. The third-order valence-electron chi connectivity index (χ3n) is 2.22. The average Bonchev–Trinajstić information content (AvgIpc) is 2.88. The second-order valence-electron chi connectivity index (χ2n) is 3.05. The maximum Gasteiger partial charge on any atom is 0.137 e. The van der Waals surface area contributed by atoms with E-state index in [2.05, 4.69) is 0 Å². The molecular formula is C10H11NOS2. The number of aliphatic hydroxyl groups is 1. The fourth-order valence-electron chi connectivity index (χ4n) is 1.37. The topological polar surface area (TPSA) is 46.2 Å². The highest BCUT2D eigenvalue weighted by Crippen LogP contribution is 2.32. The van der Waals surface area contributed by atoms with Gasteiger partial charge in [-0.1, -0.05) is 6.07 Å². The minimum absolute atomic E-state index is 0.213. The molecule has 3 N–H and O–H groups in total. The van der Waals surface area contributed by atoms with Gasteiger partial charge in [-0.15, -0.1) is 11.3 Å². The molecule has 14 heavy (non-hydrogen) atoms. The monoisotopic (exact) mass is 225 g/mol. The normalized spacial score (nSPS) is 15.3. The lowest BCUT2D eigenvalue weighted by molar-refractivity contribution is 0.0946. The minimum Gasteiger partial charge on any atom is -0.378 e. The summed E-state index contributed by atoms with van der Waals surface area (Å²) in [5, 5.41) is 16.3. The number of rotatable bonds is 3. The van der Waals surface area contributed by atoms with Crippen molar-refractivity contribution in [3.8, 4) is 0 Å². The smallest absolute Gasteiger partial charge is 0.137 e. The molecule has 2 nitrogen and oxygen atoms in total. The van der Waals surface area contributed by atoms with E-state index >= 15 is 0 Å². The van der Waals surface area contributed by atoms with E-state index in [4.69, 9.17) is 5.73 Å². The van der Waals surface area contributed by atoms with Gasteiger partial charge in [-0.3, -0.25) is 0 Å². The number of thiophene rings is 2. The summed E-state index contributed by atoms with van der Waals surface area (Å²) >= 11 is 3.10. The molecule has 0 aliphatic rings. The Kier molecular flexibility index (Phi) is 2.69. The molecule has 2 heterocycles. The molecule has 74 valence electrons. The van der Waals surface area contributed by atoms with E-state index in [1.165, 1.54) is 11.3 Å². The molecule has 0 aliphatic heterocycles. The molecule has 0 spiro atoms. The van der Waals surface area contributed by atoms with Gasteiger partial charge in [0.15, 0.2) is 0 Å². The summed E-state index contributed by atoms with van der Waals surface area (Å²) in [5.74, 6) is 0. The van der Waals surface area contributed by atoms with Crippen LogP contribution in [0.25, 0.3) is 0 Å². The molecule has 0 amide bonds. The molecular weight excluding hydrogens is 214 g/mol. The van der Waals surface area contributed by atoms with Crippen molar-refractivity contribution in [3.05, 3.63) is 44.8 Å². The van der Waals surface area contributed by atoms with Crippen LogP contribution in [0.4, 0.5) is 0 Å². The SMILES string of the molecule is NCC(O)(c1ccsc1)c1cccs1. The van der Waals surface area contributed by atoms with E-state index in [9.17, 15) is 5.11 Å². The number of nitrogens with two attached hydrogens (primary N) is 1. The highest BCUT2D eigenvalue weighted by atomic mass is 32.1. The second kappa shape index (κ2) is 3.82. The van der Waals surface area contributed by atoms with E-state index in [0.717, 1.165) is 10.4 Å². The van der Waals surface area contributed by atoms with Crippen molar-refractivity contribution < 1.29 is 5.11 Å². The lowest BCUT2D eigenvalue weighted by atomic mass is 9.95. The maximum absolute atomic E-state index is 10.4. The van der Waals surface area contributed by atoms with Crippen LogP contribution in [0, 0.1) is 0 Å². The largest absolute Gasteiger partial charge is 0.378 e. The lowest BCUT2D eigenvalue weighted by Crippen LogP contribution is -2.34. The molecule has 0 fully saturated rings. The molecule has 0 saturated carbocycles. The van der Waals surface area contributed by atoms with Crippen LogP contribution in [0.15, 0.2) is 34.3 Å². The van der Waals surface area contributed by atoms with Crippen molar-refractivity contribution in [2.24, 2.45) is 5.73 Å². The van der Waals surface area contributed by atoms with Gasteiger partial charge in [-0.2, -0.15) is 11.3 Å². The van der Waals surface area contributed by atoms with E-state index in [1.54, 1.807) is 11.3 Å². The summed E-state index contributed by atoms with van der Waals surface area (Å²) in [6.45, 7) is 0.213. The Morgan fingerprint density at radius 3 is 2.71 bits per heavy atom. The van der Waals surface area contributed by atoms with E-state index in [1.807, 2.05) is 34.3 Å². The van der Waals surface area contributed by atoms with E-state index in [0.29, 0.717) is 0 Å². The summed E-state index contributed by atoms with van der Waals surface area (Å²) in [6, 6.07) is 5.75. The highest BCUT2D eigenvalue weighted by Gasteiger charge is 2.31. The van der Waals surface area contributed by atoms with E-state index in [-0.39, 0.29) is 6.54 Å². The Bertz CT molecular complexity index is 346. The van der Waals surface area contributed by atoms with Crippen LogP contribution in [-0.2, 0) is 5.60 Å². The summed E-state index contributed by atoms with van der Waals surface area (Å²) < 4.78 is 0. The van der Waals surface area contributed by atoms with Crippen molar-refractivity contribution >= 4 is 22.7 Å². The van der Waals surface area contributed by atoms with Gasteiger partial charge in [0.1, 0.15) is 5.60 Å². The van der Waals surface area contributed by atoms with Crippen molar-refractivity contribution in [3.63, 3.8) is 0 Å². The first-order chi connectivity index (χ1) is 6.77. The summed E-state index contributed by atoms with van der Waals surface area (Å²) in [5.41, 5.74) is 5.53. The predicted octanol–water partition coefficient (Wildman–Crippen LogP) is 2.00. The average molecular weight is 225 g/mol. The van der Waals surface area contributed by atoms with Crippen LogP contribution >= 0.6 is 22.7 Å². The third kappa shape index (κ3) is 1.50. The molecule has 4 heteroatoms. The van der Waals surface area contributed by atoms with Gasteiger partial charge in [-0.05, 0) is 28.3 Å². The van der Waals surface area contributed by atoms with Crippen LogP contribution in [0.3, 0.4) is 0 Å². The Labute approximate surface area is 90.6 Å². The van der Waals surface area contributed by atoms with Gasteiger partial charge >= 0.3 is 0 Å². The van der Waals surface area contributed by atoms with E-state index < -0.39 is 5.60 Å². The molecule has 2 rings (SSSR count). The van der Waals surface area contributed by atoms with Gasteiger partial charge in [0.05, 0.1) is 0 Å². The predicted molar refractivity (Wildman–Crippen MR) is 60.7 cm³/mol. The van der Waals surface area contributed by atoms with Gasteiger partial charge in [0, 0.05) is 17.0 Å². The molecule has 0 bridgehead atoms. The fourth-order valence-corrected chi connectivity index (χ4v) is 2.96. The molecule has 0 aromatic carbocycles. The molecule has 0 aliphatic carbocycles. The summed E-state index contributed by atoms with van der Waals surface area (Å²) in [6.07, 6.45) is 0. The van der Waals surface area contributed by atoms with Crippen LogP contribution in [0.5, 0.6) is 0 Å². The standard InChI is InChI=1S/C10H11NOS2/c11-7-10(12,8-3-5-13-6-8)9-2-1-4-14-9/h1-6,12H,7,11H2. The third-order valence-corrected chi connectivity index (χ3v) is 3.93. The zero-order chi connectivity index (χ0) is 10.0. The number of hydrogen-bond donors (Lipinski definition) is 2. The first kappa shape index (κ1) is 9.86. The van der Waals surface area contributed by atoms with Gasteiger partial charge in [-0.25, -0.2) is 0 Å². The lowest BCUT2D eigenvalue weighted by Gasteiger charge is -2.24. The maximum atomic E-state index is 10.4. The highest BCUT2D eigenvalue weighted by molar-refractivity contribution is 7.10. The second-order valence-corrected chi connectivity index (χ2v) is 4.78. The van der Waals surface area contributed by atoms with Crippen molar-refractivity contribution in [1.82, 2.24) is 0 Å². The molecule has 2 aromatic rings. The minimum atomic E-state index is -1.01. The van der Waals surface area contributed by atoms with Gasteiger partial charge < -0.3 is 10.8 Å². The Morgan fingerprint density at radius 2 is 2.21 bits per heavy atom. The summed E-state index contributed by atoms with van der Waals surface area (Å²) in [7, 11) is 0. The molecule has 1 atom stereocenters. The zero-order valence-corrected chi connectivity index (χ0v) is 9.15. The molecule has 2 aromatic heterocycles. The van der Waals surface area contributed by atoms with Crippen molar-refractivity contribution in [2.45, 2.75) is 5.60 Å². The van der Waals surface area contributed by atoms with Crippen molar-refractivity contribution in [2.75, 3.05) is 6.54 Å². The fraction of sp³-hybridized carbons (Fsp3) is 0.200. The Balaban J connectivity index is 2.45. The quantitative estimate of drug-likeness (QED) is 0.839. The van der Waals surface area contributed by atoms with Crippen LogP contribution < -0.4 is 5.73 Å². The summed E-state index contributed by atoms with van der Waals surface area (Å²) in [4.78, 5) is 0.901. The Morgan fingerprint density at radius 1 is 1.36 bits per heavy atom. The molecule has 1 unspecified atom stereocenters. The zero-order valence-electron chi connectivity index (χ0n) is 7.51. The molecule has 0 radical (unpaired) electrons. The Hall–Kier alpha value is -0.680. The van der Waals surface area contributed by atoms with Crippen LogP contribution in [0.1, 0.15) is 10.4 Å². The van der Waals surface area contributed by atoms with Crippen LogP contribution in [0.2, 0.25) is 0 Å². The van der Waals surface area contributed by atoms with Gasteiger partial charge in [0.2, 0.25) is 0 Å². The first-order valence-corrected chi connectivity index (χ1v) is 6.09. The number of hydrogen-bond acceptors (Lipinski definition) is 4.